The molecule has 0 aliphatic rings. The van der Waals surface area contributed by atoms with Crippen molar-refractivity contribution in [3.05, 3.63) is 120 Å². The van der Waals surface area contributed by atoms with Crippen LogP contribution in [0, 0.1) is 0 Å². The van der Waals surface area contributed by atoms with Gasteiger partial charge in [-0.3, -0.25) is 4.57 Å². The fraction of sp³-hybridized carbons (Fsp3) is 0.226. The summed E-state index contributed by atoms with van der Waals surface area (Å²) in [6.45, 7) is 11.0. The van der Waals surface area contributed by atoms with Gasteiger partial charge in [0.15, 0.2) is 11.6 Å². The van der Waals surface area contributed by atoms with E-state index in [0.717, 1.165) is 34.9 Å². The summed E-state index contributed by atoms with van der Waals surface area (Å²) in [6.07, 6.45) is 5.26. The minimum absolute atomic E-state index is 0.111. The van der Waals surface area contributed by atoms with E-state index in [0.29, 0.717) is 0 Å². The summed E-state index contributed by atoms with van der Waals surface area (Å²) in [7, 11) is 0. The van der Waals surface area contributed by atoms with Crippen LogP contribution in [0.15, 0.2) is 103 Å². The molecule has 0 saturated heterocycles. The summed E-state index contributed by atoms with van der Waals surface area (Å²) < 4.78 is 2.15. The molecule has 0 spiro atoms. The number of hydrogen-bond acceptors (Lipinski definition) is 2. The molecule has 0 fully saturated rings. The smallest absolute Gasteiger partial charge is 0.168 e. The second-order valence-electron chi connectivity index (χ2n) is 9.87. The van der Waals surface area contributed by atoms with Crippen LogP contribution in [0.25, 0.3) is 22.6 Å². The molecule has 1 heterocycles. The first-order valence-corrected chi connectivity index (χ1v) is 11.8. The fourth-order valence-electron chi connectivity index (χ4n) is 3.99. The van der Waals surface area contributed by atoms with Crippen molar-refractivity contribution in [1.29, 1.82) is 0 Å². The zero-order chi connectivity index (χ0) is 24.1. The summed E-state index contributed by atoms with van der Waals surface area (Å²) in [5.74, 6) is 1.70. The minimum Gasteiger partial charge on any atom is -0.275 e. The Kier molecular flexibility index (Phi) is 6.93. The normalized spacial score (nSPS) is 12.7. The van der Waals surface area contributed by atoms with Crippen LogP contribution in [0.5, 0.6) is 0 Å². The first kappa shape index (κ1) is 23.4. The number of allylic oxidation sites excluding steroid dienone is 4. The SMILES string of the molecule is C/C(=C\C=C(/C)c1nnc(-c2ccc(C(C)(C)C)cc2)n1-c1ccccc1)Cc1ccccc1. The van der Waals surface area contributed by atoms with E-state index in [1.54, 1.807) is 0 Å². The van der Waals surface area contributed by atoms with Gasteiger partial charge in [0.1, 0.15) is 0 Å². The molecule has 0 bridgehead atoms. The van der Waals surface area contributed by atoms with Gasteiger partial charge in [-0.2, -0.15) is 0 Å². The van der Waals surface area contributed by atoms with Crippen molar-refractivity contribution in [1.82, 2.24) is 14.8 Å². The van der Waals surface area contributed by atoms with Crippen LogP contribution in [0.2, 0.25) is 0 Å². The first-order valence-electron chi connectivity index (χ1n) is 11.8. The Morgan fingerprint density at radius 3 is 2.00 bits per heavy atom. The Morgan fingerprint density at radius 2 is 1.38 bits per heavy atom. The van der Waals surface area contributed by atoms with Crippen molar-refractivity contribution >= 4 is 5.57 Å². The molecule has 4 aromatic rings. The molecule has 0 radical (unpaired) electrons. The summed E-state index contributed by atoms with van der Waals surface area (Å²) in [5, 5.41) is 9.24. The average Bonchev–Trinajstić information content (AvgIpc) is 3.29. The summed E-state index contributed by atoms with van der Waals surface area (Å²) in [4.78, 5) is 0. The van der Waals surface area contributed by atoms with E-state index in [2.05, 4.69) is 140 Å². The zero-order valence-electron chi connectivity index (χ0n) is 20.8. The van der Waals surface area contributed by atoms with Gasteiger partial charge in [-0.25, -0.2) is 0 Å². The van der Waals surface area contributed by atoms with Crippen LogP contribution in [0.3, 0.4) is 0 Å². The van der Waals surface area contributed by atoms with E-state index in [4.69, 9.17) is 0 Å². The highest BCUT2D eigenvalue weighted by Gasteiger charge is 2.18. The van der Waals surface area contributed by atoms with E-state index in [1.165, 1.54) is 16.7 Å². The van der Waals surface area contributed by atoms with Gasteiger partial charge in [-0.1, -0.05) is 111 Å². The van der Waals surface area contributed by atoms with Gasteiger partial charge < -0.3 is 0 Å². The van der Waals surface area contributed by atoms with Gasteiger partial charge >= 0.3 is 0 Å². The predicted molar refractivity (Wildman–Crippen MR) is 143 cm³/mol. The molecule has 172 valence electrons. The van der Waals surface area contributed by atoms with Crippen LogP contribution in [-0.4, -0.2) is 14.8 Å². The molecular formula is C31H33N3. The van der Waals surface area contributed by atoms with Crippen LogP contribution in [0.1, 0.15) is 51.6 Å². The van der Waals surface area contributed by atoms with Crippen molar-refractivity contribution in [3.8, 4) is 17.1 Å². The van der Waals surface area contributed by atoms with Crippen LogP contribution < -0.4 is 0 Å². The molecule has 0 unspecified atom stereocenters. The van der Waals surface area contributed by atoms with Gasteiger partial charge in [-0.15, -0.1) is 10.2 Å². The van der Waals surface area contributed by atoms with E-state index in [9.17, 15) is 0 Å². The Morgan fingerprint density at radius 1 is 0.765 bits per heavy atom. The van der Waals surface area contributed by atoms with Crippen molar-refractivity contribution in [3.63, 3.8) is 0 Å². The topological polar surface area (TPSA) is 30.7 Å². The molecule has 0 aliphatic heterocycles. The molecular weight excluding hydrogens is 414 g/mol. The number of aromatic nitrogens is 3. The third-order valence-corrected chi connectivity index (χ3v) is 5.98. The quantitative estimate of drug-likeness (QED) is 0.282. The highest BCUT2D eigenvalue weighted by molar-refractivity contribution is 5.67. The maximum Gasteiger partial charge on any atom is 0.168 e. The monoisotopic (exact) mass is 447 g/mol. The minimum atomic E-state index is 0.111. The molecule has 3 heteroatoms. The number of nitrogens with zero attached hydrogens (tertiary/aromatic N) is 3. The summed E-state index contributed by atoms with van der Waals surface area (Å²) in [6, 6.07) is 29.6. The predicted octanol–water partition coefficient (Wildman–Crippen LogP) is 7.82. The van der Waals surface area contributed by atoms with E-state index in [-0.39, 0.29) is 5.41 Å². The number of hydrogen-bond donors (Lipinski definition) is 0. The van der Waals surface area contributed by atoms with Crippen LogP contribution in [-0.2, 0) is 11.8 Å². The lowest BCUT2D eigenvalue weighted by atomic mass is 9.86. The summed E-state index contributed by atoms with van der Waals surface area (Å²) >= 11 is 0. The number of para-hydroxylation sites is 1. The van der Waals surface area contributed by atoms with Gasteiger partial charge in [0.2, 0.25) is 0 Å². The van der Waals surface area contributed by atoms with Gasteiger partial charge in [-0.05, 0) is 54.5 Å². The van der Waals surface area contributed by atoms with E-state index >= 15 is 0 Å². The first-order chi connectivity index (χ1) is 16.3. The lowest BCUT2D eigenvalue weighted by Crippen LogP contribution is -2.10. The van der Waals surface area contributed by atoms with Crippen molar-refractivity contribution in [2.24, 2.45) is 0 Å². The largest absolute Gasteiger partial charge is 0.275 e. The van der Waals surface area contributed by atoms with Crippen molar-refractivity contribution in [2.75, 3.05) is 0 Å². The van der Waals surface area contributed by atoms with E-state index in [1.807, 2.05) is 6.07 Å². The second kappa shape index (κ2) is 10.0. The third kappa shape index (κ3) is 5.43. The Labute approximate surface area is 203 Å². The Hall–Kier alpha value is -3.72. The second-order valence-corrected chi connectivity index (χ2v) is 9.87. The standard InChI is InChI=1S/C31H33N3/c1-23(22-25-12-8-6-9-13-25)16-17-24(2)29-32-33-30(34(29)28-14-10-7-11-15-28)26-18-20-27(21-19-26)31(3,4)5/h6-21H,22H2,1-5H3/b23-16+,24-17+. The molecule has 0 N–H and O–H groups in total. The molecule has 1 aromatic heterocycles. The fourth-order valence-corrected chi connectivity index (χ4v) is 3.99. The van der Waals surface area contributed by atoms with Gasteiger partial charge in [0.05, 0.1) is 0 Å². The molecule has 0 saturated carbocycles. The maximum atomic E-state index is 4.62. The maximum absolute atomic E-state index is 4.62. The van der Waals surface area contributed by atoms with Crippen LogP contribution >= 0.6 is 0 Å². The van der Waals surface area contributed by atoms with Crippen molar-refractivity contribution < 1.29 is 0 Å². The summed E-state index contributed by atoms with van der Waals surface area (Å²) in [5.41, 5.74) is 7.21. The Balaban J connectivity index is 1.71. The zero-order valence-corrected chi connectivity index (χ0v) is 20.8. The molecule has 34 heavy (non-hydrogen) atoms. The molecule has 0 atom stereocenters. The molecule has 3 aromatic carbocycles. The van der Waals surface area contributed by atoms with E-state index < -0.39 is 0 Å². The third-order valence-electron chi connectivity index (χ3n) is 5.98. The molecule has 3 nitrogen and oxygen atoms in total. The Bertz CT molecular complexity index is 1290. The van der Waals surface area contributed by atoms with Gasteiger partial charge in [0, 0.05) is 11.3 Å². The number of rotatable bonds is 6. The lowest BCUT2D eigenvalue weighted by molar-refractivity contribution is 0.590. The highest BCUT2D eigenvalue weighted by Crippen LogP contribution is 2.29. The van der Waals surface area contributed by atoms with Gasteiger partial charge in [0.25, 0.3) is 0 Å². The molecule has 0 aliphatic carbocycles. The van der Waals surface area contributed by atoms with Crippen LogP contribution in [0.4, 0.5) is 0 Å². The van der Waals surface area contributed by atoms with Crippen molar-refractivity contribution in [2.45, 2.75) is 46.5 Å². The average molecular weight is 448 g/mol. The lowest BCUT2D eigenvalue weighted by Gasteiger charge is -2.19. The molecule has 4 rings (SSSR count). The highest BCUT2D eigenvalue weighted by atomic mass is 15.3. The molecule has 0 amide bonds. The number of benzene rings is 3.